The van der Waals surface area contributed by atoms with Crippen molar-refractivity contribution >= 4 is 39.0 Å². The fourth-order valence-corrected chi connectivity index (χ4v) is 2.68. The number of nitrogen functional groups attached to an aromatic ring is 1. The topological polar surface area (TPSA) is 55.0 Å². The number of nitrogens with zero attached hydrogens (tertiary/aromatic N) is 3. The first-order chi connectivity index (χ1) is 9.15. The average Bonchev–Trinajstić information content (AvgIpc) is 2.85. The van der Waals surface area contributed by atoms with Crippen LogP contribution in [-0.2, 0) is 0 Å². The van der Waals surface area contributed by atoms with Crippen LogP contribution < -0.4 is 10.6 Å². The summed E-state index contributed by atoms with van der Waals surface area (Å²) in [5.41, 5.74) is 6.43. The highest BCUT2D eigenvalue weighted by Crippen LogP contribution is 2.31. The van der Waals surface area contributed by atoms with E-state index >= 15 is 0 Å². The van der Waals surface area contributed by atoms with Gasteiger partial charge in [0, 0.05) is 12.7 Å². The van der Waals surface area contributed by atoms with E-state index in [1.807, 2.05) is 24.6 Å². The molecule has 3 rings (SSSR count). The Balaban J connectivity index is 2.15. The van der Waals surface area contributed by atoms with Gasteiger partial charge in [-0.25, -0.2) is 9.37 Å². The molecule has 19 heavy (non-hydrogen) atoms. The minimum Gasteiger partial charge on any atom is -0.368 e. The summed E-state index contributed by atoms with van der Waals surface area (Å²) in [6.45, 7) is 0. The van der Waals surface area contributed by atoms with E-state index in [9.17, 15) is 4.39 Å². The van der Waals surface area contributed by atoms with Crippen molar-refractivity contribution in [1.29, 1.82) is 0 Å². The van der Waals surface area contributed by atoms with Crippen molar-refractivity contribution in [2.75, 3.05) is 17.7 Å². The summed E-state index contributed by atoms with van der Waals surface area (Å²) in [6, 6.07) is 8.28. The molecule has 3 aromatic rings. The number of halogens is 1. The Bertz CT molecular complexity index is 740. The summed E-state index contributed by atoms with van der Waals surface area (Å²) in [5.74, 6) is 0.607. The maximum Gasteiger partial charge on any atom is 0.223 e. The van der Waals surface area contributed by atoms with Gasteiger partial charge in [0.2, 0.25) is 5.95 Å². The van der Waals surface area contributed by atoms with Crippen molar-refractivity contribution in [3.63, 3.8) is 0 Å². The molecule has 0 fully saturated rings. The highest BCUT2D eigenvalue weighted by molar-refractivity contribution is 7.16. The van der Waals surface area contributed by atoms with Crippen LogP contribution in [0.25, 0.3) is 10.2 Å². The Morgan fingerprint density at radius 3 is 2.89 bits per heavy atom. The van der Waals surface area contributed by atoms with Crippen LogP contribution in [0.15, 0.2) is 35.7 Å². The van der Waals surface area contributed by atoms with Crippen LogP contribution in [0.1, 0.15) is 0 Å². The molecule has 0 aliphatic heterocycles. The van der Waals surface area contributed by atoms with Crippen LogP contribution in [0.2, 0.25) is 0 Å². The van der Waals surface area contributed by atoms with Crippen molar-refractivity contribution in [3.05, 3.63) is 41.5 Å². The lowest BCUT2D eigenvalue weighted by molar-refractivity contribution is 0.628. The van der Waals surface area contributed by atoms with Crippen molar-refractivity contribution in [3.8, 4) is 0 Å². The van der Waals surface area contributed by atoms with E-state index in [0.717, 1.165) is 10.2 Å². The predicted molar refractivity (Wildman–Crippen MR) is 76.3 cm³/mol. The number of rotatable bonds is 2. The third-order valence-corrected chi connectivity index (χ3v) is 3.64. The number of hydrogen-bond acceptors (Lipinski definition) is 5. The molecular weight excluding hydrogens is 263 g/mol. The number of fused-ring (bicyclic) bond motifs is 1. The smallest absolute Gasteiger partial charge is 0.223 e. The standard InChI is InChI=1S/C13H11FN4S/c1-18(9-4-2-3-8(14)7-9)11-10-5-6-19-12(10)17-13(15)16-11/h2-7H,1H3,(H2,15,16,17). The zero-order chi connectivity index (χ0) is 13.4. The first-order valence-electron chi connectivity index (χ1n) is 5.65. The minimum absolute atomic E-state index is 0.216. The summed E-state index contributed by atoms with van der Waals surface area (Å²) in [4.78, 5) is 11.1. The molecule has 2 N–H and O–H groups in total. The molecule has 0 amide bonds. The zero-order valence-corrected chi connectivity index (χ0v) is 11.0. The lowest BCUT2D eigenvalue weighted by atomic mass is 10.2. The van der Waals surface area contributed by atoms with Crippen LogP contribution in [0, 0.1) is 5.82 Å². The van der Waals surface area contributed by atoms with Gasteiger partial charge in [-0.15, -0.1) is 11.3 Å². The summed E-state index contributed by atoms with van der Waals surface area (Å²) >= 11 is 1.50. The van der Waals surface area contributed by atoms with Crippen molar-refractivity contribution in [1.82, 2.24) is 9.97 Å². The summed E-state index contributed by atoms with van der Waals surface area (Å²) < 4.78 is 13.3. The van der Waals surface area contributed by atoms with Gasteiger partial charge in [-0.2, -0.15) is 4.98 Å². The number of aromatic nitrogens is 2. The van der Waals surface area contributed by atoms with Crippen LogP contribution in [0.4, 0.5) is 21.8 Å². The van der Waals surface area contributed by atoms with E-state index in [2.05, 4.69) is 9.97 Å². The maximum absolute atomic E-state index is 13.3. The van der Waals surface area contributed by atoms with E-state index in [4.69, 9.17) is 5.73 Å². The van der Waals surface area contributed by atoms with E-state index in [1.165, 1.54) is 23.5 Å². The third kappa shape index (κ3) is 2.10. The molecule has 96 valence electrons. The Kier molecular flexibility index (Phi) is 2.79. The fraction of sp³-hybridized carbons (Fsp3) is 0.0769. The quantitative estimate of drug-likeness (QED) is 0.779. The highest BCUT2D eigenvalue weighted by Gasteiger charge is 2.13. The lowest BCUT2D eigenvalue weighted by Gasteiger charge is -2.19. The zero-order valence-electron chi connectivity index (χ0n) is 10.2. The number of hydrogen-bond donors (Lipinski definition) is 1. The number of anilines is 3. The van der Waals surface area contributed by atoms with Gasteiger partial charge < -0.3 is 10.6 Å². The Labute approximate surface area is 113 Å². The first-order valence-corrected chi connectivity index (χ1v) is 6.53. The average molecular weight is 274 g/mol. The van der Waals surface area contributed by atoms with Crippen LogP contribution in [0.3, 0.4) is 0 Å². The molecule has 1 aromatic carbocycles. The third-order valence-electron chi connectivity index (χ3n) is 2.84. The molecule has 0 aliphatic rings. The molecule has 6 heteroatoms. The molecule has 0 atom stereocenters. The number of benzene rings is 1. The SMILES string of the molecule is CN(c1cccc(F)c1)c1nc(N)nc2sccc12. The highest BCUT2D eigenvalue weighted by atomic mass is 32.1. The molecule has 4 nitrogen and oxygen atoms in total. The molecule has 0 saturated heterocycles. The molecule has 0 bridgehead atoms. The molecule has 0 unspecified atom stereocenters. The van der Waals surface area contributed by atoms with Gasteiger partial charge in [-0.3, -0.25) is 0 Å². The molecule has 0 saturated carbocycles. The van der Waals surface area contributed by atoms with Gasteiger partial charge in [-0.1, -0.05) is 6.07 Å². The van der Waals surface area contributed by atoms with Gasteiger partial charge in [0.1, 0.15) is 16.5 Å². The van der Waals surface area contributed by atoms with E-state index < -0.39 is 0 Å². The Hall–Kier alpha value is -2.21. The first kappa shape index (κ1) is 11.9. The molecule has 0 spiro atoms. The normalized spacial score (nSPS) is 10.8. The number of thiophene rings is 1. The Morgan fingerprint density at radius 2 is 2.11 bits per heavy atom. The monoisotopic (exact) mass is 274 g/mol. The number of nitrogens with two attached hydrogens (primary N) is 1. The second kappa shape index (κ2) is 4.47. The van der Waals surface area contributed by atoms with Gasteiger partial charge in [0.25, 0.3) is 0 Å². The Morgan fingerprint density at radius 1 is 1.26 bits per heavy atom. The van der Waals surface area contributed by atoms with Crippen molar-refractivity contribution in [2.45, 2.75) is 0 Å². The largest absolute Gasteiger partial charge is 0.368 e. The van der Waals surface area contributed by atoms with Gasteiger partial charge in [0.15, 0.2) is 0 Å². The van der Waals surface area contributed by atoms with Crippen LogP contribution in [-0.4, -0.2) is 17.0 Å². The van der Waals surface area contributed by atoms with E-state index in [1.54, 1.807) is 11.0 Å². The molecule has 0 radical (unpaired) electrons. The van der Waals surface area contributed by atoms with Gasteiger partial charge in [-0.05, 0) is 29.6 Å². The molecule has 2 heterocycles. The summed E-state index contributed by atoms with van der Waals surface area (Å²) in [6.07, 6.45) is 0. The minimum atomic E-state index is -0.284. The predicted octanol–water partition coefficient (Wildman–Crippen LogP) is 3.18. The van der Waals surface area contributed by atoms with Crippen LogP contribution in [0.5, 0.6) is 0 Å². The maximum atomic E-state index is 13.3. The van der Waals surface area contributed by atoms with Gasteiger partial charge in [0.05, 0.1) is 5.39 Å². The summed E-state index contributed by atoms with van der Waals surface area (Å²) in [5, 5.41) is 2.84. The van der Waals surface area contributed by atoms with Crippen molar-refractivity contribution in [2.24, 2.45) is 0 Å². The van der Waals surface area contributed by atoms with E-state index in [0.29, 0.717) is 11.5 Å². The molecular formula is C13H11FN4S. The van der Waals surface area contributed by atoms with E-state index in [-0.39, 0.29) is 11.8 Å². The second-order valence-electron chi connectivity index (χ2n) is 4.08. The fourth-order valence-electron chi connectivity index (χ4n) is 1.92. The lowest BCUT2D eigenvalue weighted by Crippen LogP contribution is -2.13. The second-order valence-corrected chi connectivity index (χ2v) is 4.98. The van der Waals surface area contributed by atoms with Gasteiger partial charge >= 0.3 is 0 Å². The van der Waals surface area contributed by atoms with Crippen molar-refractivity contribution < 1.29 is 4.39 Å². The molecule has 2 aromatic heterocycles. The summed E-state index contributed by atoms with van der Waals surface area (Å²) in [7, 11) is 1.83. The van der Waals surface area contributed by atoms with Crippen LogP contribution >= 0.6 is 11.3 Å². The molecule has 0 aliphatic carbocycles.